The van der Waals surface area contributed by atoms with Crippen molar-refractivity contribution >= 4 is 17.6 Å². The first kappa shape index (κ1) is 13.4. The molecule has 0 spiro atoms. The van der Waals surface area contributed by atoms with Gasteiger partial charge in [-0.05, 0) is 18.2 Å². The molecule has 0 bridgehead atoms. The van der Waals surface area contributed by atoms with Crippen molar-refractivity contribution in [1.29, 1.82) is 0 Å². The van der Waals surface area contributed by atoms with Crippen LogP contribution in [0.3, 0.4) is 0 Å². The average molecular weight is 291 g/mol. The van der Waals surface area contributed by atoms with Gasteiger partial charge in [-0.2, -0.15) is 18.3 Å². The second kappa shape index (κ2) is 4.58. The molecule has 8 heteroatoms. The van der Waals surface area contributed by atoms with E-state index in [1.807, 2.05) is 0 Å². The molecule has 0 unspecified atom stereocenters. The predicted octanol–water partition coefficient (Wildman–Crippen LogP) is 3.24. The summed E-state index contributed by atoms with van der Waals surface area (Å²) in [5.74, 6) is -1.21. The number of carboxylic acid groups (broad SMARTS) is 1. The van der Waals surface area contributed by atoms with Crippen LogP contribution in [0.4, 0.5) is 13.2 Å². The lowest BCUT2D eigenvalue weighted by Crippen LogP contribution is -2.07. The summed E-state index contributed by atoms with van der Waals surface area (Å²) in [5, 5.41) is 12.0. The van der Waals surface area contributed by atoms with E-state index < -0.39 is 22.7 Å². The third kappa shape index (κ3) is 2.70. The van der Waals surface area contributed by atoms with Gasteiger partial charge in [0.15, 0.2) is 0 Å². The number of rotatable bonds is 2. The molecule has 4 nitrogen and oxygen atoms in total. The molecule has 2 rings (SSSR count). The van der Waals surface area contributed by atoms with Gasteiger partial charge in [0, 0.05) is 6.20 Å². The summed E-state index contributed by atoms with van der Waals surface area (Å²) >= 11 is 5.48. The van der Waals surface area contributed by atoms with Gasteiger partial charge in [0.1, 0.15) is 0 Å². The second-order valence-corrected chi connectivity index (χ2v) is 4.05. The van der Waals surface area contributed by atoms with Crippen molar-refractivity contribution in [3.8, 4) is 5.69 Å². The molecule has 2 aromatic rings. The van der Waals surface area contributed by atoms with Gasteiger partial charge in [-0.1, -0.05) is 11.6 Å². The van der Waals surface area contributed by atoms with Crippen LogP contribution in [0.15, 0.2) is 30.6 Å². The summed E-state index contributed by atoms with van der Waals surface area (Å²) in [7, 11) is 0. The Balaban J connectivity index is 2.48. The van der Waals surface area contributed by atoms with E-state index in [2.05, 4.69) is 5.10 Å². The molecule has 0 saturated heterocycles. The third-order valence-corrected chi connectivity index (χ3v) is 2.68. The summed E-state index contributed by atoms with van der Waals surface area (Å²) in [4.78, 5) is 10.7. The fourth-order valence-corrected chi connectivity index (χ4v) is 1.67. The topological polar surface area (TPSA) is 55.1 Å². The minimum Gasteiger partial charge on any atom is -0.478 e. The van der Waals surface area contributed by atoms with Gasteiger partial charge in [-0.3, -0.25) is 0 Å². The van der Waals surface area contributed by atoms with Crippen LogP contribution < -0.4 is 0 Å². The second-order valence-electron chi connectivity index (χ2n) is 3.64. The maximum absolute atomic E-state index is 12.7. The van der Waals surface area contributed by atoms with Gasteiger partial charge in [0.05, 0.1) is 28.0 Å². The van der Waals surface area contributed by atoms with E-state index in [4.69, 9.17) is 16.7 Å². The lowest BCUT2D eigenvalue weighted by Gasteiger charge is -2.10. The number of carbonyl (C=O) groups is 1. The summed E-state index contributed by atoms with van der Waals surface area (Å²) in [6.45, 7) is 0. The highest BCUT2D eigenvalue weighted by Gasteiger charge is 2.33. The van der Waals surface area contributed by atoms with Gasteiger partial charge in [-0.25, -0.2) is 9.48 Å². The Bertz CT molecular complexity index is 637. The van der Waals surface area contributed by atoms with Crippen molar-refractivity contribution in [2.45, 2.75) is 6.18 Å². The molecule has 1 aromatic heterocycles. The number of hydrogen-bond acceptors (Lipinski definition) is 2. The number of aromatic carboxylic acids is 1. The zero-order valence-electron chi connectivity index (χ0n) is 9.15. The van der Waals surface area contributed by atoms with Crippen LogP contribution in [0.25, 0.3) is 5.69 Å². The zero-order valence-corrected chi connectivity index (χ0v) is 9.90. The number of benzene rings is 1. The molecular weight excluding hydrogens is 285 g/mol. The SMILES string of the molecule is O=C(O)c1cnn(-c2ccc(Cl)c(C(F)(F)F)c2)c1. The first-order valence-electron chi connectivity index (χ1n) is 4.94. The molecule has 0 aliphatic carbocycles. The van der Waals surface area contributed by atoms with Crippen molar-refractivity contribution in [2.75, 3.05) is 0 Å². The molecule has 1 N–H and O–H groups in total. The molecule has 1 heterocycles. The highest BCUT2D eigenvalue weighted by Crippen LogP contribution is 2.35. The Labute approximate surface area is 110 Å². The number of halogens is 4. The highest BCUT2D eigenvalue weighted by atomic mass is 35.5. The minimum atomic E-state index is -4.59. The predicted molar refractivity (Wildman–Crippen MR) is 60.5 cm³/mol. The van der Waals surface area contributed by atoms with Crippen molar-refractivity contribution in [3.63, 3.8) is 0 Å². The van der Waals surface area contributed by atoms with Gasteiger partial charge in [-0.15, -0.1) is 0 Å². The lowest BCUT2D eigenvalue weighted by molar-refractivity contribution is -0.137. The van der Waals surface area contributed by atoms with Crippen LogP contribution in [0.1, 0.15) is 15.9 Å². The average Bonchev–Trinajstić information content (AvgIpc) is 2.77. The maximum Gasteiger partial charge on any atom is 0.417 e. The first-order chi connectivity index (χ1) is 8.79. The van der Waals surface area contributed by atoms with Crippen molar-refractivity contribution < 1.29 is 23.1 Å². The summed E-state index contributed by atoms with van der Waals surface area (Å²) < 4.78 is 39.0. The maximum atomic E-state index is 12.7. The number of aromatic nitrogens is 2. The molecule has 100 valence electrons. The van der Waals surface area contributed by atoms with E-state index in [1.165, 1.54) is 6.07 Å². The monoisotopic (exact) mass is 290 g/mol. The zero-order chi connectivity index (χ0) is 14.2. The minimum absolute atomic E-state index is 0.0734. The van der Waals surface area contributed by atoms with Crippen LogP contribution in [-0.4, -0.2) is 20.9 Å². The standard InChI is InChI=1S/C11H6ClF3N2O2/c12-9-2-1-7(3-8(9)11(13,14)15)17-5-6(4-16-17)10(18)19/h1-5H,(H,18,19). The molecule has 0 amide bonds. The summed E-state index contributed by atoms with van der Waals surface area (Å²) in [6.07, 6.45) is -2.42. The summed E-state index contributed by atoms with van der Waals surface area (Å²) in [5.41, 5.74) is -1.05. The van der Waals surface area contributed by atoms with Crippen molar-refractivity contribution in [1.82, 2.24) is 9.78 Å². The Morgan fingerprint density at radius 2 is 2.05 bits per heavy atom. The molecule has 0 fully saturated rings. The smallest absolute Gasteiger partial charge is 0.417 e. The Morgan fingerprint density at radius 3 is 2.58 bits per heavy atom. The van der Waals surface area contributed by atoms with E-state index in [-0.39, 0.29) is 11.3 Å². The molecule has 0 saturated carbocycles. The van der Waals surface area contributed by atoms with E-state index >= 15 is 0 Å². The summed E-state index contributed by atoms with van der Waals surface area (Å²) in [6, 6.07) is 3.21. The normalized spacial score (nSPS) is 11.6. The van der Waals surface area contributed by atoms with Crippen LogP contribution in [0.2, 0.25) is 5.02 Å². The van der Waals surface area contributed by atoms with E-state index in [9.17, 15) is 18.0 Å². The van der Waals surface area contributed by atoms with Crippen LogP contribution >= 0.6 is 11.6 Å². The molecule has 0 aliphatic heterocycles. The van der Waals surface area contributed by atoms with Gasteiger partial charge < -0.3 is 5.11 Å². The van der Waals surface area contributed by atoms with Crippen LogP contribution in [0, 0.1) is 0 Å². The van der Waals surface area contributed by atoms with Gasteiger partial charge in [0.2, 0.25) is 0 Å². The van der Waals surface area contributed by atoms with Crippen molar-refractivity contribution in [2.24, 2.45) is 0 Å². The van der Waals surface area contributed by atoms with Crippen LogP contribution in [-0.2, 0) is 6.18 Å². The van der Waals surface area contributed by atoms with Crippen LogP contribution in [0.5, 0.6) is 0 Å². The molecule has 1 aromatic carbocycles. The number of nitrogens with zero attached hydrogens (tertiary/aromatic N) is 2. The van der Waals surface area contributed by atoms with E-state index in [0.29, 0.717) is 0 Å². The third-order valence-electron chi connectivity index (χ3n) is 2.35. The molecule has 0 aliphatic rings. The fraction of sp³-hybridized carbons (Fsp3) is 0.0909. The Kier molecular flexibility index (Phi) is 3.23. The fourth-order valence-electron chi connectivity index (χ4n) is 1.45. The molecule has 0 radical (unpaired) electrons. The highest BCUT2D eigenvalue weighted by molar-refractivity contribution is 6.31. The lowest BCUT2D eigenvalue weighted by atomic mass is 10.2. The van der Waals surface area contributed by atoms with E-state index in [0.717, 1.165) is 29.2 Å². The van der Waals surface area contributed by atoms with E-state index in [1.54, 1.807) is 0 Å². The van der Waals surface area contributed by atoms with Gasteiger partial charge >= 0.3 is 12.1 Å². The number of carboxylic acids is 1. The number of alkyl halides is 3. The quantitative estimate of drug-likeness (QED) is 0.924. The van der Waals surface area contributed by atoms with Crippen molar-refractivity contribution in [3.05, 3.63) is 46.7 Å². The number of hydrogen-bond donors (Lipinski definition) is 1. The first-order valence-corrected chi connectivity index (χ1v) is 5.32. The molecular formula is C11H6ClF3N2O2. The molecule has 19 heavy (non-hydrogen) atoms. The largest absolute Gasteiger partial charge is 0.478 e. The van der Waals surface area contributed by atoms with Gasteiger partial charge in [0.25, 0.3) is 0 Å². The molecule has 0 atom stereocenters. The Hall–Kier alpha value is -2.02. The Morgan fingerprint density at radius 1 is 1.37 bits per heavy atom.